The predicted octanol–water partition coefficient (Wildman–Crippen LogP) is 6.06. The fourth-order valence-corrected chi connectivity index (χ4v) is 4.98. The summed E-state index contributed by atoms with van der Waals surface area (Å²) in [5.41, 5.74) is 2.81. The number of nitrogens with zero attached hydrogens (tertiary/aromatic N) is 4. The average Bonchev–Trinajstić information content (AvgIpc) is 3.54. The van der Waals surface area contributed by atoms with Crippen LogP contribution in [0.5, 0.6) is 0 Å². The normalized spacial score (nSPS) is 15.7. The Hall–Kier alpha value is -4.14. The molecule has 0 bridgehead atoms. The van der Waals surface area contributed by atoms with E-state index in [4.69, 9.17) is 0 Å². The quantitative estimate of drug-likeness (QED) is 0.358. The third-order valence-electron chi connectivity index (χ3n) is 6.75. The fraction of sp³-hybridized carbons (Fsp3) is 0.250. The summed E-state index contributed by atoms with van der Waals surface area (Å²) in [6, 6.07) is 13.4. The Morgan fingerprint density at radius 1 is 1.05 bits per heavy atom. The first kappa shape index (κ1) is 24.5. The molecule has 0 unspecified atom stereocenters. The molecule has 3 heterocycles. The highest BCUT2D eigenvalue weighted by atomic mass is 19.4. The molecule has 0 aliphatic carbocycles. The summed E-state index contributed by atoms with van der Waals surface area (Å²) in [5.74, 6) is -0.869. The molecule has 1 fully saturated rings. The molecule has 1 amide bonds. The third-order valence-corrected chi connectivity index (χ3v) is 6.75. The number of hydrogen-bond acceptors (Lipinski definition) is 4. The number of amides is 1. The van der Waals surface area contributed by atoms with Gasteiger partial charge in [-0.15, -0.1) is 0 Å². The number of aryl methyl sites for hydroxylation is 2. The van der Waals surface area contributed by atoms with Crippen molar-refractivity contribution in [1.82, 2.24) is 14.8 Å². The number of hydrogen-bond donors (Lipinski definition) is 1. The van der Waals surface area contributed by atoms with E-state index in [2.05, 4.69) is 15.4 Å². The molecule has 4 aromatic rings. The van der Waals surface area contributed by atoms with Crippen molar-refractivity contribution in [3.63, 3.8) is 0 Å². The maximum atomic E-state index is 14.3. The van der Waals surface area contributed by atoms with Crippen molar-refractivity contribution < 1.29 is 18.0 Å². The van der Waals surface area contributed by atoms with Crippen molar-refractivity contribution in [3.8, 4) is 11.1 Å². The minimum Gasteiger partial charge on any atom is -0.370 e. The molecule has 1 aliphatic heterocycles. The molecular formula is C28H26F3N5O. The minimum atomic E-state index is -4.55. The van der Waals surface area contributed by atoms with E-state index in [1.54, 1.807) is 59.7 Å². The Kier molecular flexibility index (Phi) is 6.45. The molecule has 2 aromatic heterocycles. The fourth-order valence-electron chi connectivity index (χ4n) is 4.98. The molecule has 1 aliphatic rings. The van der Waals surface area contributed by atoms with Gasteiger partial charge in [0.2, 0.25) is 0 Å². The molecular weight excluding hydrogens is 479 g/mol. The van der Waals surface area contributed by atoms with Gasteiger partial charge in [0.1, 0.15) is 0 Å². The SMILES string of the molecule is Cc1ccc(NC(=O)c2ccccc2)c([C@@H]2CCN(c3cncc(-c4cnn(C)c4)c3)C2)c1C(F)(F)F. The van der Waals surface area contributed by atoms with E-state index < -0.39 is 23.6 Å². The molecule has 37 heavy (non-hydrogen) atoms. The topological polar surface area (TPSA) is 63.1 Å². The van der Waals surface area contributed by atoms with Gasteiger partial charge in [-0.25, -0.2) is 0 Å². The van der Waals surface area contributed by atoms with E-state index in [0.29, 0.717) is 25.1 Å². The van der Waals surface area contributed by atoms with Gasteiger partial charge in [-0.1, -0.05) is 24.3 Å². The second-order valence-corrected chi connectivity index (χ2v) is 9.30. The summed E-state index contributed by atoms with van der Waals surface area (Å²) >= 11 is 0. The van der Waals surface area contributed by atoms with Crippen molar-refractivity contribution >= 4 is 17.3 Å². The number of halogens is 3. The highest BCUT2D eigenvalue weighted by Crippen LogP contribution is 2.44. The molecule has 0 radical (unpaired) electrons. The first-order valence-electron chi connectivity index (χ1n) is 12.0. The Bertz CT molecular complexity index is 1430. The van der Waals surface area contributed by atoms with Crippen LogP contribution < -0.4 is 10.2 Å². The number of carbonyl (C=O) groups is 1. The Labute approximate surface area is 212 Å². The minimum absolute atomic E-state index is 0.135. The van der Waals surface area contributed by atoms with Crippen LogP contribution in [0.4, 0.5) is 24.5 Å². The van der Waals surface area contributed by atoms with E-state index in [1.165, 1.54) is 13.0 Å². The van der Waals surface area contributed by atoms with Crippen LogP contribution in [0.2, 0.25) is 0 Å². The van der Waals surface area contributed by atoms with Crippen LogP contribution in [0.3, 0.4) is 0 Å². The number of nitrogens with one attached hydrogen (secondary N) is 1. The number of alkyl halides is 3. The van der Waals surface area contributed by atoms with Crippen LogP contribution in [0.15, 0.2) is 73.3 Å². The lowest BCUT2D eigenvalue weighted by atomic mass is 9.88. The van der Waals surface area contributed by atoms with Gasteiger partial charge in [-0.05, 0) is 48.7 Å². The zero-order valence-corrected chi connectivity index (χ0v) is 20.5. The standard InChI is InChI=1S/C28H26F3N5O/c1-18-8-9-24(34-27(37)19-6-4-3-5-7-19)25(26(18)28(29,30)31)20-10-11-36(17-20)23-12-21(13-32-15-23)22-14-33-35(2)16-22/h3-9,12-16,20H,10-11,17H2,1-2H3,(H,34,37)/t20-/m1/s1. The second-order valence-electron chi connectivity index (χ2n) is 9.30. The maximum Gasteiger partial charge on any atom is 0.417 e. The summed E-state index contributed by atoms with van der Waals surface area (Å²) in [4.78, 5) is 19.3. The largest absolute Gasteiger partial charge is 0.417 e. The molecule has 6 nitrogen and oxygen atoms in total. The summed E-state index contributed by atoms with van der Waals surface area (Å²) in [6.45, 7) is 2.40. The van der Waals surface area contributed by atoms with Crippen molar-refractivity contribution in [1.29, 1.82) is 0 Å². The van der Waals surface area contributed by atoms with E-state index in [1.807, 2.05) is 24.2 Å². The van der Waals surface area contributed by atoms with Gasteiger partial charge in [0, 0.05) is 60.8 Å². The van der Waals surface area contributed by atoms with Crippen LogP contribution in [0.1, 0.15) is 39.4 Å². The van der Waals surface area contributed by atoms with Crippen molar-refractivity contribution in [2.75, 3.05) is 23.3 Å². The third kappa shape index (κ3) is 5.07. The van der Waals surface area contributed by atoms with E-state index in [0.717, 1.165) is 16.8 Å². The van der Waals surface area contributed by atoms with E-state index in [9.17, 15) is 18.0 Å². The summed E-state index contributed by atoms with van der Waals surface area (Å²) < 4.78 is 44.7. The first-order valence-corrected chi connectivity index (χ1v) is 12.0. The number of rotatable bonds is 5. The van der Waals surface area contributed by atoms with Crippen molar-refractivity contribution in [2.24, 2.45) is 7.05 Å². The molecule has 1 atom stereocenters. The van der Waals surface area contributed by atoms with Gasteiger partial charge in [-0.3, -0.25) is 14.5 Å². The Morgan fingerprint density at radius 3 is 2.54 bits per heavy atom. The molecule has 2 aromatic carbocycles. The summed E-state index contributed by atoms with van der Waals surface area (Å²) in [5, 5.41) is 6.95. The molecule has 9 heteroatoms. The zero-order valence-electron chi connectivity index (χ0n) is 20.5. The molecule has 1 saturated heterocycles. The van der Waals surface area contributed by atoms with Gasteiger partial charge in [0.15, 0.2) is 0 Å². The number of pyridine rings is 1. The summed E-state index contributed by atoms with van der Waals surface area (Å²) in [6.07, 6.45) is 3.06. The zero-order chi connectivity index (χ0) is 26.2. The number of anilines is 2. The van der Waals surface area contributed by atoms with Crippen LogP contribution >= 0.6 is 0 Å². The van der Waals surface area contributed by atoms with E-state index >= 15 is 0 Å². The lowest BCUT2D eigenvalue weighted by Gasteiger charge is -2.25. The Morgan fingerprint density at radius 2 is 1.84 bits per heavy atom. The van der Waals surface area contributed by atoms with Crippen molar-refractivity contribution in [3.05, 3.63) is 95.6 Å². The number of carbonyl (C=O) groups excluding carboxylic acids is 1. The molecule has 0 saturated carbocycles. The first-order chi connectivity index (χ1) is 17.7. The van der Waals surface area contributed by atoms with Gasteiger partial charge >= 0.3 is 6.18 Å². The van der Waals surface area contributed by atoms with Gasteiger partial charge < -0.3 is 10.2 Å². The summed E-state index contributed by atoms with van der Waals surface area (Å²) in [7, 11) is 1.83. The van der Waals surface area contributed by atoms with Gasteiger partial charge in [0.05, 0.1) is 23.6 Å². The van der Waals surface area contributed by atoms with Crippen LogP contribution in [0.25, 0.3) is 11.1 Å². The molecule has 5 rings (SSSR count). The molecule has 1 N–H and O–H groups in total. The van der Waals surface area contributed by atoms with Gasteiger partial charge in [0.25, 0.3) is 5.91 Å². The van der Waals surface area contributed by atoms with Gasteiger partial charge in [-0.2, -0.15) is 18.3 Å². The number of aromatic nitrogens is 3. The lowest BCUT2D eigenvalue weighted by molar-refractivity contribution is -0.138. The molecule has 190 valence electrons. The van der Waals surface area contributed by atoms with E-state index in [-0.39, 0.29) is 16.8 Å². The second kappa shape index (κ2) is 9.72. The maximum absolute atomic E-state index is 14.3. The Balaban J connectivity index is 1.48. The monoisotopic (exact) mass is 505 g/mol. The smallest absolute Gasteiger partial charge is 0.370 e. The highest BCUT2D eigenvalue weighted by molar-refractivity contribution is 6.04. The average molecular weight is 506 g/mol. The molecule has 0 spiro atoms. The van der Waals surface area contributed by atoms with Crippen molar-refractivity contribution in [2.45, 2.75) is 25.4 Å². The van der Waals surface area contributed by atoms with Crippen LogP contribution in [0, 0.1) is 6.92 Å². The lowest BCUT2D eigenvalue weighted by Crippen LogP contribution is -2.23. The number of benzene rings is 2. The highest BCUT2D eigenvalue weighted by Gasteiger charge is 2.40. The predicted molar refractivity (Wildman–Crippen MR) is 137 cm³/mol. The van der Waals surface area contributed by atoms with Crippen LogP contribution in [-0.2, 0) is 13.2 Å². The van der Waals surface area contributed by atoms with Crippen LogP contribution in [-0.4, -0.2) is 33.8 Å².